The predicted molar refractivity (Wildman–Crippen MR) is 80.4 cm³/mol. The van der Waals surface area contributed by atoms with Gasteiger partial charge in [-0.3, -0.25) is 4.79 Å². The lowest BCUT2D eigenvalue weighted by Gasteiger charge is -2.24. The van der Waals surface area contributed by atoms with Crippen LogP contribution in [-0.2, 0) is 9.53 Å². The molecule has 3 nitrogen and oxygen atoms in total. The molecule has 17 heavy (non-hydrogen) atoms. The quantitative estimate of drug-likeness (QED) is 0.544. The fourth-order valence-corrected chi connectivity index (χ4v) is 1.69. The molecule has 4 heteroatoms. The molecule has 0 N–H and O–H groups in total. The Hall–Kier alpha value is -0.520. The monoisotopic (exact) mass is 351 g/mol. The van der Waals surface area contributed by atoms with Crippen molar-refractivity contribution in [1.29, 1.82) is 0 Å². The highest BCUT2D eigenvalue weighted by Gasteiger charge is 2.11. The molecule has 98 valence electrons. The second-order valence-electron chi connectivity index (χ2n) is 3.97. The Morgan fingerprint density at radius 1 is 1.47 bits per heavy atom. The number of carbonyl (C=O) groups excluding carboxylic acids is 1. The summed E-state index contributed by atoms with van der Waals surface area (Å²) in [6, 6.07) is 0. The zero-order valence-electron chi connectivity index (χ0n) is 10.6. The van der Waals surface area contributed by atoms with Crippen LogP contribution in [0.2, 0.25) is 0 Å². The van der Waals surface area contributed by atoms with Crippen molar-refractivity contribution >= 4 is 29.9 Å². The van der Waals surface area contributed by atoms with Crippen LogP contribution in [0.25, 0.3) is 0 Å². The number of rotatable bonds is 6. The van der Waals surface area contributed by atoms with Crippen molar-refractivity contribution in [2.45, 2.75) is 33.1 Å². The predicted octanol–water partition coefficient (Wildman–Crippen LogP) is 3.11. The third-order valence-electron chi connectivity index (χ3n) is 2.51. The number of hydrogen-bond acceptors (Lipinski definition) is 3. The minimum Gasteiger partial charge on any atom is -0.466 e. The van der Waals surface area contributed by atoms with Crippen LogP contribution in [0.15, 0.2) is 23.9 Å². The normalized spacial score (nSPS) is 14.0. The van der Waals surface area contributed by atoms with Gasteiger partial charge in [-0.2, -0.15) is 0 Å². The summed E-state index contributed by atoms with van der Waals surface area (Å²) < 4.78 is 4.94. The molecular formula is C13H22INO2. The molecule has 0 saturated heterocycles. The molecule has 0 unspecified atom stereocenters. The van der Waals surface area contributed by atoms with Crippen molar-refractivity contribution in [2.75, 3.05) is 19.7 Å². The third-order valence-corrected chi connectivity index (χ3v) is 2.51. The van der Waals surface area contributed by atoms with Crippen molar-refractivity contribution in [3.63, 3.8) is 0 Å². The van der Waals surface area contributed by atoms with Crippen LogP contribution >= 0.6 is 24.0 Å². The smallest absolute Gasteiger partial charge is 0.309 e. The summed E-state index contributed by atoms with van der Waals surface area (Å²) in [6.45, 7) is 6.40. The van der Waals surface area contributed by atoms with Gasteiger partial charge in [0.05, 0.1) is 13.0 Å². The van der Waals surface area contributed by atoms with Crippen molar-refractivity contribution in [3.05, 3.63) is 23.9 Å². The van der Waals surface area contributed by atoms with E-state index >= 15 is 0 Å². The molecule has 0 aromatic carbocycles. The second kappa shape index (κ2) is 9.50. The van der Waals surface area contributed by atoms with Crippen molar-refractivity contribution in [3.8, 4) is 0 Å². The molecule has 0 radical (unpaired) electrons. The Balaban J connectivity index is 0.00000256. The Morgan fingerprint density at radius 3 is 2.88 bits per heavy atom. The lowest BCUT2D eigenvalue weighted by Crippen LogP contribution is -2.24. The Labute approximate surface area is 121 Å². The number of allylic oxidation sites excluding steroid dienone is 2. The topological polar surface area (TPSA) is 29.5 Å². The summed E-state index contributed by atoms with van der Waals surface area (Å²) in [4.78, 5) is 13.6. The van der Waals surface area contributed by atoms with Gasteiger partial charge in [-0.05, 0) is 31.2 Å². The maximum atomic E-state index is 11.3. The van der Waals surface area contributed by atoms with Gasteiger partial charge >= 0.3 is 5.97 Å². The number of halogens is 1. The summed E-state index contributed by atoms with van der Waals surface area (Å²) in [5, 5.41) is 0. The van der Waals surface area contributed by atoms with Crippen LogP contribution in [-0.4, -0.2) is 30.6 Å². The van der Waals surface area contributed by atoms with E-state index in [2.05, 4.69) is 18.0 Å². The average molecular weight is 351 g/mol. The van der Waals surface area contributed by atoms with Crippen LogP contribution in [0.4, 0.5) is 0 Å². The molecule has 1 rings (SSSR count). The van der Waals surface area contributed by atoms with E-state index in [-0.39, 0.29) is 29.9 Å². The van der Waals surface area contributed by atoms with Crippen LogP contribution in [0.3, 0.4) is 0 Å². The molecule has 0 aromatic heterocycles. The van der Waals surface area contributed by atoms with E-state index in [0.29, 0.717) is 13.0 Å². The van der Waals surface area contributed by atoms with E-state index in [1.54, 1.807) is 0 Å². The number of nitrogens with zero attached hydrogens (tertiary/aromatic N) is 1. The molecule has 0 bridgehead atoms. The summed E-state index contributed by atoms with van der Waals surface area (Å²) in [7, 11) is 0. The molecule has 0 saturated carbocycles. The van der Waals surface area contributed by atoms with Gasteiger partial charge in [0.2, 0.25) is 0 Å². The van der Waals surface area contributed by atoms with E-state index in [0.717, 1.165) is 18.7 Å². The van der Waals surface area contributed by atoms with Crippen LogP contribution < -0.4 is 0 Å². The Morgan fingerprint density at radius 2 is 2.24 bits per heavy atom. The molecule has 0 atom stereocenters. The molecule has 0 fully saturated rings. The first-order valence-electron chi connectivity index (χ1n) is 6.02. The molecule has 1 aliphatic rings. The zero-order valence-corrected chi connectivity index (χ0v) is 13.0. The molecule has 0 aliphatic carbocycles. The van der Waals surface area contributed by atoms with E-state index in [4.69, 9.17) is 4.74 Å². The van der Waals surface area contributed by atoms with Gasteiger partial charge in [0, 0.05) is 13.1 Å². The minimum atomic E-state index is -0.125. The fraction of sp³-hybridized carbons (Fsp3) is 0.615. The SMILES string of the molecule is CCCCN1C=CC=C(CC(=O)OCC)C1.I. The molecule has 1 aliphatic heterocycles. The first-order valence-corrected chi connectivity index (χ1v) is 6.02. The first-order chi connectivity index (χ1) is 7.76. The summed E-state index contributed by atoms with van der Waals surface area (Å²) in [5.74, 6) is -0.125. The van der Waals surface area contributed by atoms with Crippen molar-refractivity contribution < 1.29 is 9.53 Å². The average Bonchev–Trinajstić information content (AvgIpc) is 2.27. The summed E-state index contributed by atoms with van der Waals surface area (Å²) >= 11 is 0. The Kier molecular flexibility index (Phi) is 9.21. The number of unbranched alkanes of at least 4 members (excludes halogenated alkanes) is 1. The molecule has 0 spiro atoms. The Bertz CT molecular complexity index is 287. The van der Waals surface area contributed by atoms with Crippen LogP contribution in [0.5, 0.6) is 0 Å². The lowest BCUT2D eigenvalue weighted by atomic mass is 10.1. The van der Waals surface area contributed by atoms with Crippen molar-refractivity contribution in [2.24, 2.45) is 0 Å². The highest BCUT2D eigenvalue weighted by Crippen LogP contribution is 2.12. The maximum Gasteiger partial charge on any atom is 0.309 e. The van der Waals surface area contributed by atoms with Gasteiger partial charge in [-0.25, -0.2) is 0 Å². The first kappa shape index (κ1) is 16.5. The van der Waals surface area contributed by atoms with Gasteiger partial charge in [-0.15, -0.1) is 24.0 Å². The van der Waals surface area contributed by atoms with E-state index in [1.165, 1.54) is 12.8 Å². The second-order valence-corrected chi connectivity index (χ2v) is 3.97. The number of hydrogen-bond donors (Lipinski definition) is 0. The van der Waals surface area contributed by atoms with Crippen LogP contribution in [0.1, 0.15) is 33.1 Å². The van der Waals surface area contributed by atoms with Gasteiger partial charge in [0.1, 0.15) is 0 Å². The lowest BCUT2D eigenvalue weighted by molar-refractivity contribution is -0.142. The fourth-order valence-electron chi connectivity index (χ4n) is 1.69. The van der Waals surface area contributed by atoms with Gasteiger partial charge in [0.25, 0.3) is 0 Å². The van der Waals surface area contributed by atoms with Gasteiger partial charge in [-0.1, -0.05) is 19.4 Å². The highest BCUT2D eigenvalue weighted by atomic mass is 127. The number of ether oxygens (including phenoxy) is 1. The molecule has 1 heterocycles. The number of carbonyl (C=O) groups is 1. The largest absolute Gasteiger partial charge is 0.466 e. The zero-order chi connectivity index (χ0) is 11.8. The van der Waals surface area contributed by atoms with E-state index in [9.17, 15) is 4.79 Å². The third kappa shape index (κ3) is 6.71. The van der Waals surface area contributed by atoms with Gasteiger partial charge in [0.15, 0.2) is 0 Å². The molecule has 0 amide bonds. The van der Waals surface area contributed by atoms with Crippen LogP contribution in [0, 0.1) is 0 Å². The highest BCUT2D eigenvalue weighted by molar-refractivity contribution is 14.0. The van der Waals surface area contributed by atoms with Crippen molar-refractivity contribution in [1.82, 2.24) is 4.90 Å². The standard InChI is InChI=1S/C13H21NO2.HI/c1-3-5-8-14-9-6-7-12(11-14)10-13(15)16-4-2;/h6-7,9H,3-5,8,10-11H2,1-2H3;1H. The summed E-state index contributed by atoms with van der Waals surface area (Å²) in [5.41, 5.74) is 1.14. The molecular weight excluding hydrogens is 329 g/mol. The van der Waals surface area contributed by atoms with Gasteiger partial charge < -0.3 is 9.64 Å². The van der Waals surface area contributed by atoms with E-state index in [1.807, 2.05) is 19.1 Å². The number of esters is 1. The van der Waals surface area contributed by atoms with E-state index < -0.39 is 0 Å². The maximum absolute atomic E-state index is 11.3. The molecule has 0 aromatic rings. The minimum absolute atomic E-state index is 0. The summed E-state index contributed by atoms with van der Waals surface area (Å²) in [6.07, 6.45) is 8.91.